The Hall–Kier alpha value is -2.68. The normalized spacial score (nSPS) is 17.4. The Morgan fingerprint density at radius 1 is 1.52 bits per heavy atom. The maximum Gasteiger partial charge on any atom is 0.317 e. The first-order chi connectivity index (χ1) is 12.0. The molecule has 0 aromatic carbocycles. The fraction of sp³-hybridized carbons (Fsp3) is 0.500. The zero-order valence-electron chi connectivity index (χ0n) is 14.7. The molecule has 3 rings (SSSR count). The Balaban J connectivity index is 1.61. The van der Waals surface area contributed by atoms with Crippen LogP contribution in [0.25, 0.3) is 0 Å². The van der Waals surface area contributed by atoms with E-state index in [0.29, 0.717) is 32.2 Å². The lowest BCUT2D eigenvalue weighted by molar-refractivity contribution is -0.0176. The fourth-order valence-electron chi connectivity index (χ4n) is 2.61. The number of aromatic nitrogens is 4. The molecule has 1 aliphatic rings. The van der Waals surface area contributed by atoms with Crippen LogP contribution in [0.1, 0.15) is 23.1 Å². The molecule has 134 valence electrons. The number of hydrogen-bond donors (Lipinski definition) is 2. The number of anilines is 1. The van der Waals surface area contributed by atoms with E-state index in [4.69, 9.17) is 4.74 Å². The van der Waals surface area contributed by atoms with Crippen LogP contribution in [0.3, 0.4) is 0 Å². The van der Waals surface area contributed by atoms with Crippen molar-refractivity contribution in [3.05, 3.63) is 35.4 Å². The third-order valence-electron chi connectivity index (χ3n) is 4.11. The number of rotatable bonds is 4. The quantitative estimate of drug-likeness (QED) is 0.852. The Bertz CT molecular complexity index is 731. The minimum Gasteiger partial charge on any atom is -0.368 e. The van der Waals surface area contributed by atoms with Crippen LogP contribution in [0.5, 0.6) is 0 Å². The highest BCUT2D eigenvalue weighted by Crippen LogP contribution is 2.21. The first kappa shape index (κ1) is 17.2. The highest BCUT2D eigenvalue weighted by Gasteiger charge is 2.26. The predicted octanol–water partition coefficient (Wildman–Crippen LogP) is 0.857. The molecule has 9 heteroatoms. The summed E-state index contributed by atoms with van der Waals surface area (Å²) in [6, 6.07) is 1.71. The van der Waals surface area contributed by atoms with Gasteiger partial charge in [0.1, 0.15) is 6.10 Å². The van der Waals surface area contributed by atoms with E-state index in [2.05, 4.69) is 25.5 Å². The summed E-state index contributed by atoms with van der Waals surface area (Å²) in [5.74, 6) is 0.623. The lowest BCUT2D eigenvalue weighted by Crippen LogP contribution is -2.47. The number of hydrogen-bond acceptors (Lipinski definition) is 6. The monoisotopic (exact) mass is 345 g/mol. The zero-order valence-corrected chi connectivity index (χ0v) is 14.7. The molecule has 25 heavy (non-hydrogen) atoms. The smallest absolute Gasteiger partial charge is 0.317 e. The molecular formula is C16H23N7O2. The van der Waals surface area contributed by atoms with Crippen molar-refractivity contribution in [2.24, 2.45) is 0 Å². The van der Waals surface area contributed by atoms with Gasteiger partial charge in [0.05, 0.1) is 25.0 Å². The van der Waals surface area contributed by atoms with Gasteiger partial charge in [-0.15, -0.1) is 0 Å². The maximum absolute atomic E-state index is 12.4. The lowest BCUT2D eigenvalue weighted by Gasteiger charge is -2.32. The number of urea groups is 1. The van der Waals surface area contributed by atoms with E-state index >= 15 is 0 Å². The number of carbonyl (C=O) groups excluding carboxylic acids is 1. The summed E-state index contributed by atoms with van der Waals surface area (Å²) in [5, 5.41) is 9.75. The van der Waals surface area contributed by atoms with E-state index in [1.54, 1.807) is 17.3 Å². The number of carbonyl (C=O) groups is 1. The van der Waals surface area contributed by atoms with Gasteiger partial charge in [0.15, 0.2) is 0 Å². The summed E-state index contributed by atoms with van der Waals surface area (Å²) in [4.78, 5) is 24.8. The van der Waals surface area contributed by atoms with Crippen LogP contribution in [0.4, 0.5) is 10.7 Å². The summed E-state index contributed by atoms with van der Waals surface area (Å²) in [7, 11) is 3.77. The SMILES string of the molecule is Cc1[nH]ncc1CNC(=O)N1CCO[C@@H](c2ccnc(N(C)C)n2)C1. The van der Waals surface area contributed by atoms with E-state index in [0.717, 1.165) is 17.0 Å². The second-order valence-electron chi connectivity index (χ2n) is 6.16. The molecule has 0 saturated carbocycles. The lowest BCUT2D eigenvalue weighted by atomic mass is 10.2. The number of morpholine rings is 1. The molecule has 3 heterocycles. The number of nitrogens with zero attached hydrogens (tertiary/aromatic N) is 5. The standard InChI is InChI=1S/C16H23N7O2/c1-11-12(9-19-21-11)8-18-16(24)23-6-7-25-14(10-23)13-4-5-17-15(20-13)22(2)3/h4-5,9,14H,6-8,10H2,1-3H3,(H,18,24)(H,19,21)/t14-/m1/s1. The van der Waals surface area contributed by atoms with E-state index in [1.165, 1.54) is 0 Å². The van der Waals surface area contributed by atoms with Crippen LogP contribution in [0, 0.1) is 6.92 Å². The van der Waals surface area contributed by atoms with Gasteiger partial charge in [-0.1, -0.05) is 0 Å². The molecule has 2 N–H and O–H groups in total. The summed E-state index contributed by atoms with van der Waals surface area (Å²) >= 11 is 0. The highest BCUT2D eigenvalue weighted by atomic mass is 16.5. The molecule has 9 nitrogen and oxygen atoms in total. The molecule has 2 amide bonds. The van der Waals surface area contributed by atoms with E-state index < -0.39 is 0 Å². The molecule has 0 radical (unpaired) electrons. The third kappa shape index (κ3) is 4.05. The van der Waals surface area contributed by atoms with E-state index in [1.807, 2.05) is 32.0 Å². The van der Waals surface area contributed by atoms with E-state index in [-0.39, 0.29) is 12.1 Å². The first-order valence-corrected chi connectivity index (χ1v) is 8.18. The molecule has 1 aliphatic heterocycles. The molecule has 1 saturated heterocycles. The zero-order chi connectivity index (χ0) is 17.8. The first-order valence-electron chi connectivity index (χ1n) is 8.18. The van der Waals surface area contributed by atoms with Gasteiger partial charge in [0, 0.05) is 44.6 Å². The van der Waals surface area contributed by atoms with Crippen molar-refractivity contribution in [1.82, 2.24) is 30.4 Å². The Morgan fingerprint density at radius 2 is 2.36 bits per heavy atom. The Morgan fingerprint density at radius 3 is 3.08 bits per heavy atom. The van der Waals surface area contributed by atoms with Crippen molar-refractivity contribution < 1.29 is 9.53 Å². The fourth-order valence-corrected chi connectivity index (χ4v) is 2.61. The van der Waals surface area contributed by atoms with Gasteiger partial charge in [-0.2, -0.15) is 5.10 Å². The number of aryl methyl sites for hydroxylation is 1. The molecule has 2 aromatic heterocycles. The number of ether oxygens (including phenoxy) is 1. The van der Waals surface area contributed by atoms with Crippen LogP contribution in [-0.2, 0) is 11.3 Å². The molecule has 0 spiro atoms. The minimum absolute atomic E-state index is 0.115. The Labute approximate surface area is 146 Å². The topological polar surface area (TPSA) is 99.3 Å². The van der Waals surface area contributed by atoms with E-state index in [9.17, 15) is 4.79 Å². The molecule has 1 atom stereocenters. The summed E-state index contributed by atoms with van der Waals surface area (Å²) in [6.07, 6.45) is 3.18. The molecule has 0 unspecified atom stereocenters. The van der Waals surface area contributed by atoms with Gasteiger partial charge < -0.3 is 19.9 Å². The summed E-state index contributed by atoms with van der Waals surface area (Å²) < 4.78 is 5.80. The van der Waals surface area contributed by atoms with Crippen molar-refractivity contribution >= 4 is 12.0 Å². The number of H-pyrrole nitrogens is 1. The average Bonchev–Trinajstić information content (AvgIpc) is 3.05. The van der Waals surface area contributed by atoms with Crippen molar-refractivity contribution in [2.45, 2.75) is 19.6 Å². The van der Waals surface area contributed by atoms with Gasteiger partial charge in [-0.05, 0) is 13.0 Å². The van der Waals surface area contributed by atoms with Gasteiger partial charge in [-0.3, -0.25) is 5.10 Å². The van der Waals surface area contributed by atoms with Crippen molar-refractivity contribution in [1.29, 1.82) is 0 Å². The van der Waals surface area contributed by atoms with Crippen LogP contribution in [0.2, 0.25) is 0 Å². The number of amides is 2. The average molecular weight is 345 g/mol. The summed E-state index contributed by atoms with van der Waals surface area (Å²) in [6.45, 7) is 3.86. The van der Waals surface area contributed by atoms with Gasteiger partial charge in [0.2, 0.25) is 5.95 Å². The Kier molecular flexibility index (Phi) is 5.13. The number of nitrogens with one attached hydrogen (secondary N) is 2. The largest absolute Gasteiger partial charge is 0.368 e. The predicted molar refractivity (Wildman–Crippen MR) is 92.2 cm³/mol. The van der Waals surface area contributed by atoms with Crippen molar-refractivity contribution in [3.8, 4) is 0 Å². The van der Waals surface area contributed by atoms with Crippen LogP contribution in [-0.4, -0.2) is 64.9 Å². The second kappa shape index (κ2) is 7.47. The van der Waals surface area contributed by atoms with Crippen LogP contribution < -0.4 is 10.2 Å². The maximum atomic E-state index is 12.4. The van der Waals surface area contributed by atoms with Crippen LogP contribution >= 0.6 is 0 Å². The highest BCUT2D eigenvalue weighted by molar-refractivity contribution is 5.74. The molecular weight excluding hydrogens is 322 g/mol. The molecule has 0 bridgehead atoms. The molecule has 1 fully saturated rings. The van der Waals surface area contributed by atoms with Gasteiger partial charge in [0.25, 0.3) is 0 Å². The number of aromatic amines is 1. The summed E-state index contributed by atoms with van der Waals surface area (Å²) in [5.41, 5.74) is 2.71. The van der Waals surface area contributed by atoms with Gasteiger partial charge >= 0.3 is 6.03 Å². The van der Waals surface area contributed by atoms with Crippen LogP contribution in [0.15, 0.2) is 18.5 Å². The van der Waals surface area contributed by atoms with Gasteiger partial charge in [-0.25, -0.2) is 14.8 Å². The third-order valence-corrected chi connectivity index (χ3v) is 4.11. The van der Waals surface area contributed by atoms with Crippen molar-refractivity contribution in [2.75, 3.05) is 38.7 Å². The second-order valence-corrected chi connectivity index (χ2v) is 6.16. The minimum atomic E-state index is -0.253. The van der Waals surface area contributed by atoms with Crippen molar-refractivity contribution in [3.63, 3.8) is 0 Å². The molecule has 2 aromatic rings. The molecule has 0 aliphatic carbocycles.